The van der Waals surface area contributed by atoms with Crippen molar-refractivity contribution in [2.24, 2.45) is 5.92 Å². The molecule has 1 saturated heterocycles. The molecule has 1 aromatic rings. The summed E-state index contributed by atoms with van der Waals surface area (Å²) in [5, 5.41) is 3.57. The second kappa shape index (κ2) is 6.19. The van der Waals surface area contributed by atoms with Crippen molar-refractivity contribution in [3.8, 4) is 0 Å². The standard InChI is InChI=1S/C16H24FN3/c1-12(14-7-15(17)9-18-8-14)20(10-13-4-5-13)11-16-3-2-6-19-16/h7-9,12-13,16,19H,2-6,10-11H2,1H3. The van der Waals surface area contributed by atoms with Gasteiger partial charge >= 0.3 is 0 Å². The van der Waals surface area contributed by atoms with E-state index in [1.165, 1.54) is 31.9 Å². The summed E-state index contributed by atoms with van der Waals surface area (Å²) in [4.78, 5) is 6.51. The van der Waals surface area contributed by atoms with Crippen molar-refractivity contribution in [1.82, 2.24) is 15.2 Å². The van der Waals surface area contributed by atoms with Gasteiger partial charge in [0.05, 0.1) is 6.20 Å². The second-order valence-corrected chi connectivity index (χ2v) is 6.30. The number of aromatic nitrogens is 1. The lowest BCUT2D eigenvalue weighted by molar-refractivity contribution is 0.183. The van der Waals surface area contributed by atoms with Crippen LogP contribution in [-0.4, -0.2) is 35.6 Å². The first-order chi connectivity index (χ1) is 9.72. The molecule has 1 N–H and O–H groups in total. The van der Waals surface area contributed by atoms with Crippen LogP contribution in [0.1, 0.15) is 44.2 Å². The van der Waals surface area contributed by atoms with E-state index in [1.54, 1.807) is 12.3 Å². The van der Waals surface area contributed by atoms with Crippen LogP contribution in [-0.2, 0) is 0 Å². The minimum absolute atomic E-state index is 0.236. The Morgan fingerprint density at radius 1 is 1.35 bits per heavy atom. The lowest BCUT2D eigenvalue weighted by atomic mass is 10.1. The van der Waals surface area contributed by atoms with Gasteiger partial charge in [0.1, 0.15) is 5.82 Å². The largest absolute Gasteiger partial charge is 0.313 e. The fourth-order valence-corrected chi connectivity index (χ4v) is 3.09. The van der Waals surface area contributed by atoms with Gasteiger partial charge in [0.2, 0.25) is 0 Å². The summed E-state index contributed by atoms with van der Waals surface area (Å²) >= 11 is 0. The van der Waals surface area contributed by atoms with Crippen molar-refractivity contribution >= 4 is 0 Å². The van der Waals surface area contributed by atoms with Crippen LogP contribution in [0.25, 0.3) is 0 Å². The zero-order valence-electron chi connectivity index (χ0n) is 12.2. The Kier molecular flexibility index (Phi) is 4.32. The predicted octanol–water partition coefficient (Wildman–Crippen LogP) is 2.75. The van der Waals surface area contributed by atoms with E-state index in [4.69, 9.17) is 0 Å². The molecule has 4 heteroatoms. The van der Waals surface area contributed by atoms with Crippen LogP contribution in [0, 0.1) is 11.7 Å². The number of nitrogens with one attached hydrogen (secondary N) is 1. The quantitative estimate of drug-likeness (QED) is 0.866. The van der Waals surface area contributed by atoms with Crippen LogP contribution in [0.15, 0.2) is 18.5 Å². The van der Waals surface area contributed by atoms with E-state index in [-0.39, 0.29) is 11.9 Å². The Morgan fingerprint density at radius 3 is 2.85 bits per heavy atom. The van der Waals surface area contributed by atoms with E-state index >= 15 is 0 Å². The minimum atomic E-state index is -0.236. The number of rotatable bonds is 6. The van der Waals surface area contributed by atoms with E-state index in [2.05, 4.69) is 22.1 Å². The van der Waals surface area contributed by atoms with Gasteiger partial charge in [0, 0.05) is 31.4 Å². The molecule has 0 spiro atoms. The van der Waals surface area contributed by atoms with Crippen molar-refractivity contribution in [3.63, 3.8) is 0 Å². The zero-order valence-corrected chi connectivity index (χ0v) is 12.2. The first-order valence-corrected chi connectivity index (χ1v) is 7.80. The van der Waals surface area contributed by atoms with Crippen LogP contribution < -0.4 is 5.32 Å². The molecule has 0 bridgehead atoms. The smallest absolute Gasteiger partial charge is 0.141 e. The molecule has 1 aliphatic heterocycles. The summed E-state index contributed by atoms with van der Waals surface area (Å²) in [6.07, 6.45) is 8.31. The van der Waals surface area contributed by atoms with Gasteiger partial charge < -0.3 is 5.32 Å². The van der Waals surface area contributed by atoms with E-state index in [0.717, 1.165) is 31.1 Å². The summed E-state index contributed by atoms with van der Waals surface area (Å²) in [5.41, 5.74) is 0.989. The molecule has 2 heterocycles. The number of hydrogen-bond donors (Lipinski definition) is 1. The summed E-state index contributed by atoms with van der Waals surface area (Å²) < 4.78 is 13.4. The van der Waals surface area contributed by atoms with Gasteiger partial charge in [-0.05, 0) is 56.7 Å². The van der Waals surface area contributed by atoms with Crippen molar-refractivity contribution in [1.29, 1.82) is 0 Å². The highest BCUT2D eigenvalue weighted by Gasteiger charge is 2.29. The normalized spacial score (nSPS) is 24.2. The van der Waals surface area contributed by atoms with Crippen molar-refractivity contribution < 1.29 is 4.39 Å². The molecule has 1 aliphatic carbocycles. The third kappa shape index (κ3) is 3.55. The van der Waals surface area contributed by atoms with E-state index in [0.29, 0.717) is 6.04 Å². The maximum atomic E-state index is 13.4. The molecule has 1 saturated carbocycles. The summed E-state index contributed by atoms with van der Waals surface area (Å²) in [6.45, 7) is 5.51. The van der Waals surface area contributed by atoms with Crippen LogP contribution in [0.2, 0.25) is 0 Å². The van der Waals surface area contributed by atoms with Gasteiger partial charge in [-0.3, -0.25) is 9.88 Å². The maximum absolute atomic E-state index is 13.4. The molecule has 3 nitrogen and oxygen atoms in total. The van der Waals surface area contributed by atoms with E-state index < -0.39 is 0 Å². The molecule has 110 valence electrons. The molecule has 20 heavy (non-hydrogen) atoms. The Labute approximate surface area is 120 Å². The Bertz CT molecular complexity index is 441. The minimum Gasteiger partial charge on any atom is -0.313 e. The zero-order chi connectivity index (χ0) is 13.9. The summed E-state index contributed by atoms with van der Waals surface area (Å²) in [6, 6.07) is 2.46. The van der Waals surface area contributed by atoms with Crippen LogP contribution in [0.5, 0.6) is 0 Å². The van der Waals surface area contributed by atoms with E-state index in [9.17, 15) is 4.39 Å². The Morgan fingerprint density at radius 2 is 2.20 bits per heavy atom. The van der Waals surface area contributed by atoms with Gasteiger partial charge in [-0.1, -0.05) is 0 Å². The number of hydrogen-bond acceptors (Lipinski definition) is 3. The highest BCUT2D eigenvalue weighted by atomic mass is 19.1. The van der Waals surface area contributed by atoms with Gasteiger partial charge in [-0.25, -0.2) is 4.39 Å². The molecule has 0 aromatic carbocycles. The van der Waals surface area contributed by atoms with Crippen LogP contribution in [0.4, 0.5) is 4.39 Å². The second-order valence-electron chi connectivity index (χ2n) is 6.30. The van der Waals surface area contributed by atoms with Crippen LogP contribution in [0.3, 0.4) is 0 Å². The fourth-order valence-electron chi connectivity index (χ4n) is 3.09. The molecule has 0 amide bonds. The molecular weight excluding hydrogens is 253 g/mol. The highest BCUT2D eigenvalue weighted by molar-refractivity contribution is 5.14. The maximum Gasteiger partial charge on any atom is 0.141 e. The first-order valence-electron chi connectivity index (χ1n) is 7.80. The fraction of sp³-hybridized carbons (Fsp3) is 0.688. The predicted molar refractivity (Wildman–Crippen MR) is 77.9 cm³/mol. The molecule has 2 atom stereocenters. The van der Waals surface area contributed by atoms with Crippen molar-refractivity contribution in [2.45, 2.75) is 44.7 Å². The van der Waals surface area contributed by atoms with Gasteiger partial charge in [0.15, 0.2) is 0 Å². The number of pyridine rings is 1. The van der Waals surface area contributed by atoms with Crippen molar-refractivity contribution in [3.05, 3.63) is 29.8 Å². The number of halogens is 1. The average molecular weight is 277 g/mol. The Balaban J connectivity index is 1.69. The molecule has 1 aromatic heterocycles. The molecule has 3 rings (SSSR count). The van der Waals surface area contributed by atoms with Gasteiger partial charge in [-0.15, -0.1) is 0 Å². The highest BCUT2D eigenvalue weighted by Crippen LogP contribution is 2.33. The average Bonchev–Trinajstić information content (AvgIpc) is 3.11. The topological polar surface area (TPSA) is 28.2 Å². The number of nitrogens with zero attached hydrogens (tertiary/aromatic N) is 2. The molecular formula is C16H24FN3. The third-order valence-corrected chi connectivity index (χ3v) is 4.56. The third-order valence-electron chi connectivity index (χ3n) is 4.56. The first kappa shape index (κ1) is 14.0. The summed E-state index contributed by atoms with van der Waals surface area (Å²) in [5.74, 6) is 0.611. The summed E-state index contributed by atoms with van der Waals surface area (Å²) in [7, 11) is 0. The SMILES string of the molecule is CC(c1cncc(F)c1)N(CC1CC1)CC1CCCN1. The monoisotopic (exact) mass is 277 g/mol. The molecule has 2 aliphatic rings. The Hall–Kier alpha value is -1.00. The van der Waals surface area contributed by atoms with Crippen LogP contribution >= 0.6 is 0 Å². The van der Waals surface area contributed by atoms with E-state index in [1.807, 2.05) is 0 Å². The lowest BCUT2D eigenvalue weighted by Crippen LogP contribution is -2.40. The lowest BCUT2D eigenvalue weighted by Gasteiger charge is -2.31. The van der Waals surface area contributed by atoms with Crippen molar-refractivity contribution in [2.75, 3.05) is 19.6 Å². The van der Waals surface area contributed by atoms with Gasteiger partial charge in [0.25, 0.3) is 0 Å². The molecule has 2 fully saturated rings. The van der Waals surface area contributed by atoms with Gasteiger partial charge in [-0.2, -0.15) is 0 Å². The molecule has 0 radical (unpaired) electrons. The molecule has 2 unspecified atom stereocenters.